The lowest BCUT2D eigenvalue weighted by Gasteiger charge is -2.25. The van der Waals surface area contributed by atoms with E-state index in [-0.39, 0.29) is 18.0 Å². The Labute approximate surface area is 112 Å². The minimum absolute atomic E-state index is 0.00221. The number of hydrogen-bond donors (Lipinski definition) is 1. The summed E-state index contributed by atoms with van der Waals surface area (Å²) in [4.78, 5) is 0. The first-order valence-corrected chi connectivity index (χ1v) is 6.48. The lowest BCUT2D eigenvalue weighted by atomic mass is 10.1. The van der Waals surface area contributed by atoms with Crippen molar-refractivity contribution in [2.75, 3.05) is 26.8 Å². The summed E-state index contributed by atoms with van der Waals surface area (Å²) in [5.74, 6) is 0.614. The van der Waals surface area contributed by atoms with Crippen LogP contribution in [0, 0.1) is 5.82 Å². The van der Waals surface area contributed by atoms with Crippen molar-refractivity contribution in [3.63, 3.8) is 0 Å². The van der Waals surface area contributed by atoms with Gasteiger partial charge in [-0.05, 0) is 19.9 Å². The van der Waals surface area contributed by atoms with Gasteiger partial charge >= 0.3 is 0 Å². The van der Waals surface area contributed by atoms with Crippen LogP contribution >= 0.6 is 0 Å². The summed E-state index contributed by atoms with van der Waals surface area (Å²) in [7, 11) is 1.50. The normalized spacial score (nSPS) is 19.5. The summed E-state index contributed by atoms with van der Waals surface area (Å²) < 4.78 is 30.5. The number of hydrogen-bond acceptors (Lipinski definition) is 4. The van der Waals surface area contributed by atoms with Gasteiger partial charge in [0.1, 0.15) is 5.82 Å². The van der Waals surface area contributed by atoms with Gasteiger partial charge in [0, 0.05) is 24.7 Å². The van der Waals surface area contributed by atoms with Crippen molar-refractivity contribution in [2.45, 2.75) is 26.1 Å². The fourth-order valence-corrected chi connectivity index (χ4v) is 2.07. The Morgan fingerprint density at radius 2 is 2.16 bits per heavy atom. The molecule has 0 spiro atoms. The van der Waals surface area contributed by atoms with Gasteiger partial charge in [0.05, 0.1) is 25.9 Å². The monoisotopic (exact) mass is 269 g/mol. The van der Waals surface area contributed by atoms with E-state index < -0.39 is 0 Å². The van der Waals surface area contributed by atoms with Crippen molar-refractivity contribution in [3.8, 4) is 11.5 Å². The van der Waals surface area contributed by atoms with E-state index in [4.69, 9.17) is 14.2 Å². The van der Waals surface area contributed by atoms with Gasteiger partial charge < -0.3 is 19.5 Å². The van der Waals surface area contributed by atoms with E-state index in [2.05, 4.69) is 5.32 Å². The zero-order valence-corrected chi connectivity index (χ0v) is 11.5. The summed E-state index contributed by atoms with van der Waals surface area (Å²) in [6.45, 7) is 5.81. The Morgan fingerprint density at radius 3 is 2.74 bits per heavy atom. The molecule has 0 aliphatic carbocycles. The molecule has 1 aliphatic heterocycles. The Balaban J connectivity index is 2.31. The van der Waals surface area contributed by atoms with Crippen LogP contribution in [0.1, 0.15) is 25.5 Å². The summed E-state index contributed by atoms with van der Waals surface area (Å²) >= 11 is 0. The average molecular weight is 269 g/mol. The molecular formula is C14H20FNO3. The average Bonchev–Trinajstić information content (AvgIpc) is 2.40. The minimum Gasteiger partial charge on any atom is -0.493 e. The molecule has 0 radical (unpaired) electrons. The van der Waals surface area contributed by atoms with Gasteiger partial charge in [-0.3, -0.25) is 0 Å². The molecule has 0 bridgehead atoms. The van der Waals surface area contributed by atoms with Crippen molar-refractivity contribution >= 4 is 0 Å². The van der Waals surface area contributed by atoms with E-state index in [1.54, 1.807) is 6.07 Å². The first kappa shape index (κ1) is 14.1. The van der Waals surface area contributed by atoms with Crippen molar-refractivity contribution in [2.24, 2.45) is 0 Å². The van der Waals surface area contributed by atoms with Gasteiger partial charge in [0.25, 0.3) is 0 Å². The molecule has 1 aromatic rings. The molecule has 1 unspecified atom stereocenters. The molecule has 1 heterocycles. The van der Waals surface area contributed by atoms with Crippen molar-refractivity contribution in [1.29, 1.82) is 0 Å². The van der Waals surface area contributed by atoms with Crippen LogP contribution in [0.3, 0.4) is 0 Å². The second kappa shape index (κ2) is 6.21. The lowest BCUT2D eigenvalue weighted by Crippen LogP contribution is -2.33. The van der Waals surface area contributed by atoms with Gasteiger partial charge in [0.2, 0.25) is 0 Å². The molecule has 106 valence electrons. The van der Waals surface area contributed by atoms with Gasteiger partial charge in [-0.1, -0.05) is 0 Å². The number of rotatable bonds is 4. The van der Waals surface area contributed by atoms with Crippen LogP contribution in [0.15, 0.2) is 12.1 Å². The van der Waals surface area contributed by atoms with E-state index >= 15 is 0 Å². The van der Waals surface area contributed by atoms with Crippen molar-refractivity contribution in [1.82, 2.24) is 5.32 Å². The van der Waals surface area contributed by atoms with Crippen LogP contribution in [0.4, 0.5) is 4.39 Å². The summed E-state index contributed by atoms with van der Waals surface area (Å²) in [6.07, 6.45) is -0.285. The molecule has 1 atom stereocenters. The lowest BCUT2D eigenvalue weighted by molar-refractivity contribution is 0.0252. The van der Waals surface area contributed by atoms with Crippen molar-refractivity contribution < 1.29 is 18.6 Å². The maximum Gasteiger partial charge on any atom is 0.163 e. The highest BCUT2D eigenvalue weighted by Gasteiger charge is 2.22. The van der Waals surface area contributed by atoms with Crippen LogP contribution in [-0.2, 0) is 4.74 Å². The third-order valence-corrected chi connectivity index (χ3v) is 2.92. The van der Waals surface area contributed by atoms with Crippen LogP contribution in [0.2, 0.25) is 0 Å². The highest BCUT2D eigenvalue weighted by Crippen LogP contribution is 2.34. The van der Waals surface area contributed by atoms with Crippen LogP contribution in [0.25, 0.3) is 0 Å². The predicted octanol–water partition coefficient (Wildman–Crippen LogP) is 2.28. The Bertz CT molecular complexity index is 431. The Morgan fingerprint density at radius 1 is 1.37 bits per heavy atom. The zero-order chi connectivity index (χ0) is 13.8. The topological polar surface area (TPSA) is 39.7 Å². The van der Waals surface area contributed by atoms with E-state index in [9.17, 15) is 4.39 Å². The molecular weight excluding hydrogens is 249 g/mol. The minimum atomic E-state index is -0.332. The summed E-state index contributed by atoms with van der Waals surface area (Å²) in [6, 6.07) is 3.02. The Kier molecular flexibility index (Phi) is 4.61. The number of ether oxygens (including phenoxy) is 3. The fourth-order valence-electron chi connectivity index (χ4n) is 2.07. The molecule has 0 aromatic heterocycles. The number of benzene rings is 1. The molecule has 2 rings (SSSR count). The highest BCUT2D eigenvalue weighted by molar-refractivity contribution is 5.44. The third kappa shape index (κ3) is 3.36. The molecule has 1 fully saturated rings. The molecule has 5 heteroatoms. The molecule has 4 nitrogen and oxygen atoms in total. The zero-order valence-electron chi connectivity index (χ0n) is 11.5. The van der Waals surface area contributed by atoms with E-state index in [1.807, 2.05) is 13.8 Å². The summed E-state index contributed by atoms with van der Waals surface area (Å²) in [5.41, 5.74) is 0.503. The molecule has 0 saturated carbocycles. The SMILES string of the molecule is COc1cc(F)c(C2CNCCO2)cc1OC(C)C. The highest BCUT2D eigenvalue weighted by atomic mass is 19.1. The first-order valence-electron chi connectivity index (χ1n) is 6.48. The maximum atomic E-state index is 14.1. The van der Waals surface area contributed by atoms with Crippen molar-refractivity contribution in [3.05, 3.63) is 23.5 Å². The first-order chi connectivity index (χ1) is 9.11. The second-order valence-corrected chi connectivity index (χ2v) is 4.75. The standard InChI is InChI=1S/C14H20FNO3/c1-9(2)19-13-6-10(11(15)7-12(13)17-3)14-8-16-4-5-18-14/h6-7,9,14,16H,4-5,8H2,1-3H3. The largest absolute Gasteiger partial charge is 0.493 e. The number of methoxy groups -OCH3 is 1. The molecule has 19 heavy (non-hydrogen) atoms. The van der Waals surface area contributed by atoms with Crippen LogP contribution in [0.5, 0.6) is 11.5 Å². The van der Waals surface area contributed by atoms with E-state index in [0.29, 0.717) is 30.2 Å². The molecule has 1 aromatic carbocycles. The van der Waals surface area contributed by atoms with Gasteiger partial charge in [-0.15, -0.1) is 0 Å². The predicted molar refractivity (Wildman–Crippen MR) is 70.3 cm³/mol. The molecule has 0 amide bonds. The maximum absolute atomic E-state index is 14.1. The Hall–Kier alpha value is -1.33. The quantitative estimate of drug-likeness (QED) is 0.910. The third-order valence-electron chi connectivity index (χ3n) is 2.92. The van der Waals surface area contributed by atoms with Gasteiger partial charge in [-0.2, -0.15) is 0 Å². The molecule has 1 N–H and O–H groups in total. The number of morpholine rings is 1. The fraction of sp³-hybridized carbons (Fsp3) is 0.571. The van der Waals surface area contributed by atoms with Gasteiger partial charge in [0.15, 0.2) is 11.5 Å². The van der Waals surface area contributed by atoms with E-state index in [1.165, 1.54) is 13.2 Å². The van der Waals surface area contributed by atoms with E-state index in [0.717, 1.165) is 6.54 Å². The number of nitrogens with one attached hydrogen (secondary N) is 1. The van der Waals surface area contributed by atoms with Crippen LogP contribution in [-0.4, -0.2) is 32.9 Å². The summed E-state index contributed by atoms with van der Waals surface area (Å²) in [5, 5.41) is 3.19. The smallest absolute Gasteiger partial charge is 0.163 e. The molecule has 1 saturated heterocycles. The molecule has 1 aliphatic rings. The van der Waals surface area contributed by atoms with Crippen LogP contribution < -0.4 is 14.8 Å². The second-order valence-electron chi connectivity index (χ2n) is 4.75. The van der Waals surface area contributed by atoms with Gasteiger partial charge in [-0.25, -0.2) is 4.39 Å². The number of halogens is 1.